The van der Waals surface area contributed by atoms with Crippen LogP contribution in [-0.2, 0) is 24.8 Å². The zero-order valence-corrected chi connectivity index (χ0v) is 20.7. The Morgan fingerprint density at radius 3 is 2.36 bits per heavy atom. The fourth-order valence-corrected chi connectivity index (χ4v) is 4.58. The molecule has 2 aromatic rings. The molecular formula is C27H40N4O2. The summed E-state index contributed by atoms with van der Waals surface area (Å²) in [7, 11) is 2.00. The molecule has 1 aromatic heterocycles. The Hall–Kier alpha value is -2.76. The molecule has 3 amide bonds. The van der Waals surface area contributed by atoms with Crippen molar-refractivity contribution in [3.05, 3.63) is 53.9 Å². The van der Waals surface area contributed by atoms with E-state index in [2.05, 4.69) is 26.1 Å². The minimum absolute atomic E-state index is 0.00644. The molecule has 6 heteroatoms. The highest BCUT2D eigenvalue weighted by molar-refractivity contribution is 5.92. The number of carbonyl (C=O) groups excluding carboxylic acids is 2. The van der Waals surface area contributed by atoms with Crippen molar-refractivity contribution in [2.45, 2.75) is 71.9 Å². The van der Waals surface area contributed by atoms with E-state index in [0.29, 0.717) is 19.0 Å². The van der Waals surface area contributed by atoms with Crippen molar-refractivity contribution in [2.75, 3.05) is 18.4 Å². The van der Waals surface area contributed by atoms with Crippen molar-refractivity contribution in [1.29, 1.82) is 0 Å². The number of nitrogens with one attached hydrogen (secondary N) is 1. The van der Waals surface area contributed by atoms with Gasteiger partial charge in [-0.05, 0) is 55.0 Å². The van der Waals surface area contributed by atoms with Crippen molar-refractivity contribution in [2.24, 2.45) is 13.0 Å². The largest absolute Gasteiger partial charge is 0.353 e. The molecule has 1 aliphatic carbocycles. The molecule has 6 nitrogen and oxygen atoms in total. The minimum Gasteiger partial charge on any atom is -0.353 e. The predicted octanol–water partition coefficient (Wildman–Crippen LogP) is 5.44. The first-order valence-corrected chi connectivity index (χ1v) is 12.4. The number of anilines is 1. The molecule has 0 unspecified atom stereocenters. The summed E-state index contributed by atoms with van der Waals surface area (Å²) in [5.41, 5.74) is 3.10. The molecule has 0 aliphatic heterocycles. The van der Waals surface area contributed by atoms with Gasteiger partial charge in [0.15, 0.2) is 0 Å². The summed E-state index contributed by atoms with van der Waals surface area (Å²) in [6, 6.07) is 11.9. The fraction of sp³-hybridized carbons (Fsp3) is 0.556. The third-order valence-corrected chi connectivity index (χ3v) is 6.54. The van der Waals surface area contributed by atoms with Crippen LogP contribution in [0.3, 0.4) is 0 Å². The van der Waals surface area contributed by atoms with Gasteiger partial charge in [0.25, 0.3) is 0 Å². The average molecular weight is 453 g/mol. The summed E-state index contributed by atoms with van der Waals surface area (Å²) < 4.78 is 2.05. The van der Waals surface area contributed by atoms with Gasteiger partial charge in [0.1, 0.15) is 6.54 Å². The second kappa shape index (κ2) is 11.9. The smallest absolute Gasteiger partial charge is 0.322 e. The SMILES string of the molecule is CCc1ccc(NC(=O)N(CC(=O)N(Cc2cccn2C)CC(C)C)C2CCCCC2)cc1. The number of hydrogen-bond acceptors (Lipinski definition) is 2. The molecule has 180 valence electrons. The topological polar surface area (TPSA) is 57.6 Å². The van der Waals surface area contributed by atoms with E-state index in [4.69, 9.17) is 0 Å². The molecule has 0 atom stereocenters. The van der Waals surface area contributed by atoms with Crippen LogP contribution in [0, 0.1) is 5.92 Å². The first-order chi connectivity index (χ1) is 15.9. The predicted molar refractivity (Wildman–Crippen MR) is 134 cm³/mol. The molecule has 1 heterocycles. The van der Waals surface area contributed by atoms with E-state index in [1.807, 2.05) is 59.1 Å². The summed E-state index contributed by atoms with van der Waals surface area (Å²) in [6.07, 6.45) is 8.28. The van der Waals surface area contributed by atoms with Crippen LogP contribution < -0.4 is 5.32 Å². The standard InChI is InChI=1S/C27H40N4O2/c1-5-22-13-15-23(16-14-22)28-27(33)31(24-10-7-6-8-11-24)20-26(32)30(18-21(2)3)19-25-12-9-17-29(25)4/h9,12-17,21,24H,5-8,10-11,18-20H2,1-4H3,(H,28,33). The lowest BCUT2D eigenvalue weighted by atomic mass is 9.94. The molecule has 1 aromatic carbocycles. The van der Waals surface area contributed by atoms with Crippen LogP contribution in [0.5, 0.6) is 0 Å². The number of carbonyl (C=O) groups is 2. The van der Waals surface area contributed by atoms with Gasteiger partial charge in [-0.1, -0.05) is 52.2 Å². The first-order valence-electron chi connectivity index (χ1n) is 12.4. The van der Waals surface area contributed by atoms with Crippen molar-refractivity contribution >= 4 is 17.6 Å². The van der Waals surface area contributed by atoms with Gasteiger partial charge in [0, 0.05) is 37.2 Å². The van der Waals surface area contributed by atoms with Gasteiger partial charge < -0.3 is 19.7 Å². The molecule has 1 aliphatic rings. The third-order valence-electron chi connectivity index (χ3n) is 6.54. The van der Waals surface area contributed by atoms with E-state index >= 15 is 0 Å². The van der Waals surface area contributed by atoms with Crippen molar-refractivity contribution in [3.8, 4) is 0 Å². The lowest BCUT2D eigenvalue weighted by Crippen LogP contribution is -2.50. The number of urea groups is 1. The van der Waals surface area contributed by atoms with Crippen molar-refractivity contribution in [1.82, 2.24) is 14.4 Å². The van der Waals surface area contributed by atoms with E-state index in [9.17, 15) is 9.59 Å². The van der Waals surface area contributed by atoms with Crippen LogP contribution in [0.25, 0.3) is 0 Å². The molecule has 0 radical (unpaired) electrons. The fourth-order valence-electron chi connectivity index (χ4n) is 4.58. The summed E-state index contributed by atoms with van der Waals surface area (Å²) >= 11 is 0. The average Bonchev–Trinajstić information content (AvgIpc) is 3.21. The van der Waals surface area contributed by atoms with Gasteiger partial charge in [-0.15, -0.1) is 0 Å². The highest BCUT2D eigenvalue weighted by Gasteiger charge is 2.29. The maximum absolute atomic E-state index is 13.5. The van der Waals surface area contributed by atoms with Crippen LogP contribution >= 0.6 is 0 Å². The van der Waals surface area contributed by atoms with Crippen LogP contribution in [0.2, 0.25) is 0 Å². The number of rotatable bonds is 9. The molecule has 1 saturated carbocycles. The minimum atomic E-state index is -0.178. The second-order valence-electron chi connectivity index (χ2n) is 9.68. The second-order valence-corrected chi connectivity index (χ2v) is 9.68. The maximum Gasteiger partial charge on any atom is 0.322 e. The van der Waals surface area contributed by atoms with E-state index in [1.165, 1.54) is 12.0 Å². The molecule has 33 heavy (non-hydrogen) atoms. The van der Waals surface area contributed by atoms with Crippen LogP contribution in [0.15, 0.2) is 42.6 Å². The van der Waals surface area contributed by atoms with Crippen LogP contribution in [-0.4, -0.2) is 45.4 Å². The molecule has 1 fully saturated rings. The molecule has 3 rings (SSSR count). The molecular weight excluding hydrogens is 412 g/mol. The van der Waals surface area contributed by atoms with Crippen LogP contribution in [0.1, 0.15) is 64.1 Å². The number of nitrogens with zero attached hydrogens (tertiary/aromatic N) is 3. The number of aryl methyl sites for hydroxylation is 2. The van der Waals surface area contributed by atoms with Gasteiger partial charge >= 0.3 is 6.03 Å². The lowest BCUT2D eigenvalue weighted by molar-refractivity contribution is -0.133. The van der Waals surface area contributed by atoms with E-state index in [0.717, 1.165) is 43.5 Å². The highest BCUT2D eigenvalue weighted by Crippen LogP contribution is 2.24. The zero-order chi connectivity index (χ0) is 23.8. The Bertz CT molecular complexity index is 897. The molecule has 0 bridgehead atoms. The highest BCUT2D eigenvalue weighted by atomic mass is 16.2. The summed E-state index contributed by atoms with van der Waals surface area (Å²) in [4.78, 5) is 30.5. The van der Waals surface area contributed by atoms with Gasteiger partial charge in [0.05, 0.1) is 6.54 Å². The Labute approximate surface area is 198 Å². The summed E-state index contributed by atoms with van der Waals surface area (Å²) in [5, 5.41) is 3.04. The van der Waals surface area contributed by atoms with Gasteiger partial charge in [0.2, 0.25) is 5.91 Å². The van der Waals surface area contributed by atoms with Gasteiger partial charge in [-0.2, -0.15) is 0 Å². The first kappa shape index (κ1) is 24.9. The molecule has 0 spiro atoms. The monoisotopic (exact) mass is 452 g/mol. The van der Waals surface area contributed by atoms with Gasteiger partial charge in [-0.3, -0.25) is 4.79 Å². The van der Waals surface area contributed by atoms with Gasteiger partial charge in [-0.25, -0.2) is 4.79 Å². The van der Waals surface area contributed by atoms with Crippen LogP contribution in [0.4, 0.5) is 10.5 Å². The number of amides is 3. The van der Waals surface area contributed by atoms with Crippen molar-refractivity contribution in [3.63, 3.8) is 0 Å². The van der Waals surface area contributed by atoms with E-state index in [-0.39, 0.29) is 24.5 Å². The Balaban J connectivity index is 1.75. The third kappa shape index (κ3) is 7.11. The lowest BCUT2D eigenvalue weighted by Gasteiger charge is -2.35. The summed E-state index contributed by atoms with van der Waals surface area (Å²) in [5.74, 6) is 0.357. The normalized spacial score (nSPS) is 14.3. The van der Waals surface area contributed by atoms with Crippen molar-refractivity contribution < 1.29 is 9.59 Å². The molecule has 1 N–H and O–H groups in total. The summed E-state index contributed by atoms with van der Waals surface area (Å²) in [6.45, 7) is 7.69. The molecule has 0 saturated heterocycles. The zero-order valence-electron chi connectivity index (χ0n) is 20.7. The number of hydrogen-bond donors (Lipinski definition) is 1. The van der Waals surface area contributed by atoms with E-state index in [1.54, 1.807) is 4.90 Å². The maximum atomic E-state index is 13.5. The Kier molecular flexibility index (Phi) is 8.98. The number of aromatic nitrogens is 1. The Morgan fingerprint density at radius 1 is 1.09 bits per heavy atom. The van der Waals surface area contributed by atoms with E-state index < -0.39 is 0 Å². The number of benzene rings is 1. The quantitative estimate of drug-likeness (QED) is 0.551. The Morgan fingerprint density at radius 2 is 1.79 bits per heavy atom.